The highest BCUT2D eigenvalue weighted by Crippen LogP contribution is 2.44. The van der Waals surface area contributed by atoms with E-state index >= 15 is 0 Å². The molecule has 0 radical (unpaired) electrons. The molecule has 0 aliphatic heterocycles. The van der Waals surface area contributed by atoms with Gasteiger partial charge in [0.1, 0.15) is 22.3 Å². The summed E-state index contributed by atoms with van der Waals surface area (Å²) in [6.07, 6.45) is 0. The van der Waals surface area contributed by atoms with Crippen LogP contribution < -0.4 is 0 Å². The molecule has 6 nitrogen and oxygen atoms in total. The van der Waals surface area contributed by atoms with Crippen molar-refractivity contribution in [3.05, 3.63) is 206 Å². The number of aromatic nitrogens is 4. The van der Waals surface area contributed by atoms with Gasteiger partial charge in [-0.15, -0.1) is 0 Å². The van der Waals surface area contributed by atoms with Crippen LogP contribution in [0.3, 0.4) is 0 Å². The third-order valence-corrected chi connectivity index (χ3v) is 12.3. The molecule has 9 aromatic carbocycles. The van der Waals surface area contributed by atoms with Crippen LogP contribution in [0.5, 0.6) is 0 Å². The van der Waals surface area contributed by atoms with E-state index in [2.05, 4.69) is 140 Å². The van der Waals surface area contributed by atoms with Crippen LogP contribution in [0.25, 0.3) is 133 Å². The normalized spacial score (nSPS) is 11.8. The van der Waals surface area contributed by atoms with Crippen molar-refractivity contribution in [2.75, 3.05) is 0 Å². The molecule has 0 amide bonds. The Morgan fingerprint density at radius 1 is 0.281 bits per heavy atom. The van der Waals surface area contributed by atoms with Gasteiger partial charge in [0.05, 0.1) is 11.2 Å². The molecule has 13 aromatic rings. The van der Waals surface area contributed by atoms with Gasteiger partial charge in [0.15, 0.2) is 17.5 Å². The number of fused-ring (bicyclic) bond motifs is 10. The third-order valence-electron chi connectivity index (χ3n) is 12.3. The lowest BCUT2D eigenvalue weighted by atomic mass is 9.95. The number of benzene rings is 9. The monoisotopic (exact) mass is 818 g/mol. The molecule has 4 heterocycles. The van der Waals surface area contributed by atoms with Crippen molar-refractivity contribution in [3.8, 4) is 67.7 Å². The number of furan rings is 2. The second-order valence-corrected chi connectivity index (χ2v) is 16.1. The van der Waals surface area contributed by atoms with Crippen molar-refractivity contribution >= 4 is 65.6 Å². The lowest BCUT2D eigenvalue weighted by Gasteiger charge is -2.11. The van der Waals surface area contributed by atoms with E-state index in [1.807, 2.05) is 66.7 Å². The lowest BCUT2D eigenvalue weighted by molar-refractivity contribution is 0.668. The van der Waals surface area contributed by atoms with E-state index in [0.29, 0.717) is 17.5 Å². The Hall–Kier alpha value is -8.74. The van der Waals surface area contributed by atoms with E-state index in [0.717, 1.165) is 116 Å². The molecule has 0 atom stereocenters. The van der Waals surface area contributed by atoms with Gasteiger partial charge in [0, 0.05) is 71.1 Å². The molecule has 13 rings (SSSR count). The van der Waals surface area contributed by atoms with E-state index in [1.165, 1.54) is 0 Å². The number of nitrogens with zero attached hydrogens (tertiary/aromatic N) is 4. The molecule has 0 N–H and O–H groups in total. The molecule has 0 aliphatic rings. The van der Waals surface area contributed by atoms with Crippen molar-refractivity contribution < 1.29 is 8.83 Å². The van der Waals surface area contributed by atoms with Gasteiger partial charge in [-0.3, -0.25) is 0 Å². The van der Waals surface area contributed by atoms with E-state index < -0.39 is 0 Å². The Kier molecular flexibility index (Phi) is 8.11. The van der Waals surface area contributed by atoms with Crippen molar-refractivity contribution in [2.24, 2.45) is 0 Å². The first-order chi connectivity index (χ1) is 31.7. The van der Waals surface area contributed by atoms with Gasteiger partial charge >= 0.3 is 0 Å². The topological polar surface area (TPSA) is 77.8 Å². The van der Waals surface area contributed by atoms with Gasteiger partial charge in [-0.1, -0.05) is 170 Å². The zero-order valence-electron chi connectivity index (χ0n) is 34.2. The Bertz CT molecular complexity index is 3890. The van der Waals surface area contributed by atoms with Gasteiger partial charge in [0.2, 0.25) is 0 Å². The first-order valence-corrected chi connectivity index (χ1v) is 21.4. The average molecular weight is 819 g/mol. The van der Waals surface area contributed by atoms with Gasteiger partial charge < -0.3 is 8.83 Å². The standard InChI is InChI=1S/C58H34N4O2/c1-4-15-35(16-5-1)53-46-30-32-50-52(51(46)45-23-10-11-28-48(45)59-53)47-34-39(29-31-49(47)63-50)42-25-14-27-44-43-26-13-24-41(54(43)64-55(42)44)38-21-12-22-40(33-38)58-61-56(36-17-6-2-7-18-36)60-57(62-58)37-19-8-3-9-20-37/h1-34H. The van der Waals surface area contributed by atoms with E-state index in [1.54, 1.807) is 0 Å². The Morgan fingerprint density at radius 2 is 0.797 bits per heavy atom. The highest BCUT2D eigenvalue weighted by atomic mass is 16.3. The van der Waals surface area contributed by atoms with Crippen molar-refractivity contribution in [1.29, 1.82) is 0 Å². The number of rotatable bonds is 6. The fourth-order valence-corrected chi connectivity index (χ4v) is 9.33. The fraction of sp³-hybridized carbons (Fsp3) is 0. The zero-order valence-corrected chi connectivity index (χ0v) is 34.2. The lowest BCUT2D eigenvalue weighted by Crippen LogP contribution is -2.00. The maximum atomic E-state index is 7.02. The molecule has 64 heavy (non-hydrogen) atoms. The number of hydrogen-bond donors (Lipinski definition) is 0. The van der Waals surface area contributed by atoms with Crippen molar-refractivity contribution in [1.82, 2.24) is 19.9 Å². The molecule has 0 saturated carbocycles. The average Bonchev–Trinajstić information content (AvgIpc) is 3.95. The summed E-state index contributed by atoms with van der Waals surface area (Å²) in [5.74, 6) is 1.85. The van der Waals surface area contributed by atoms with E-state index in [9.17, 15) is 0 Å². The fourth-order valence-electron chi connectivity index (χ4n) is 9.33. The maximum absolute atomic E-state index is 7.02. The molecule has 0 fully saturated rings. The van der Waals surface area contributed by atoms with Crippen LogP contribution in [0.1, 0.15) is 0 Å². The molecule has 6 heteroatoms. The summed E-state index contributed by atoms with van der Waals surface area (Å²) in [5, 5.41) is 7.54. The molecule has 0 saturated heterocycles. The molecule has 0 spiro atoms. The highest BCUT2D eigenvalue weighted by Gasteiger charge is 2.21. The van der Waals surface area contributed by atoms with Crippen LogP contribution in [0.15, 0.2) is 215 Å². The Morgan fingerprint density at radius 3 is 1.47 bits per heavy atom. The van der Waals surface area contributed by atoms with Crippen LogP contribution >= 0.6 is 0 Å². The zero-order chi connectivity index (χ0) is 42.1. The smallest absolute Gasteiger partial charge is 0.164 e. The summed E-state index contributed by atoms with van der Waals surface area (Å²) >= 11 is 0. The number of pyridine rings is 1. The molecular weight excluding hydrogens is 785 g/mol. The van der Waals surface area contributed by atoms with Crippen LogP contribution in [0, 0.1) is 0 Å². The number of para-hydroxylation sites is 3. The summed E-state index contributed by atoms with van der Waals surface area (Å²) in [7, 11) is 0. The number of hydrogen-bond acceptors (Lipinski definition) is 6. The van der Waals surface area contributed by atoms with Gasteiger partial charge in [-0.2, -0.15) is 0 Å². The summed E-state index contributed by atoms with van der Waals surface area (Å²) in [5.41, 5.74) is 13.1. The van der Waals surface area contributed by atoms with Crippen LogP contribution in [0.4, 0.5) is 0 Å². The first kappa shape index (κ1) is 36.0. The summed E-state index contributed by atoms with van der Waals surface area (Å²) < 4.78 is 13.6. The minimum Gasteiger partial charge on any atom is -0.456 e. The largest absolute Gasteiger partial charge is 0.456 e. The summed E-state index contributed by atoms with van der Waals surface area (Å²) in [6.45, 7) is 0. The van der Waals surface area contributed by atoms with Crippen molar-refractivity contribution in [2.45, 2.75) is 0 Å². The molecule has 0 bridgehead atoms. The summed E-state index contributed by atoms with van der Waals surface area (Å²) in [6, 6.07) is 70.8. The quantitative estimate of drug-likeness (QED) is 0.156. The Labute approximate surface area is 366 Å². The van der Waals surface area contributed by atoms with Gasteiger partial charge in [0.25, 0.3) is 0 Å². The maximum Gasteiger partial charge on any atom is 0.164 e. The Balaban J connectivity index is 0.963. The van der Waals surface area contributed by atoms with Crippen molar-refractivity contribution in [3.63, 3.8) is 0 Å². The third kappa shape index (κ3) is 5.81. The minimum absolute atomic E-state index is 0.601. The predicted molar refractivity (Wildman–Crippen MR) is 260 cm³/mol. The SMILES string of the molecule is c1ccc(-c2nc(-c3ccccc3)nc(-c3cccc(-c4cccc5c4oc4c(-c6ccc7oc8ccc9c(-c%10ccccc%10)nc%10ccccc%10c9c8c7c6)cccc45)c3)n2)cc1. The molecule has 0 unspecified atom stereocenters. The second kappa shape index (κ2) is 14.4. The molecular formula is C58H34N4O2. The van der Waals surface area contributed by atoms with E-state index in [4.69, 9.17) is 28.8 Å². The molecule has 0 aliphatic carbocycles. The summed E-state index contributed by atoms with van der Waals surface area (Å²) in [4.78, 5) is 20.1. The van der Waals surface area contributed by atoms with E-state index in [-0.39, 0.29) is 0 Å². The van der Waals surface area contributed by atoms with Crippen LogP contribution in [0.2, 0.25) is 0 Å². The first-order valence-electron chi connectivity index (χ1n) is 21.4. The van der Waals surface area contributed by atoms with Crippen LogP contribution in [-0.2, 0) is 0 Å². The minimum atomic E-state index is 0.601. The highest BCUT2D eigenvalue weighted by molar-refractivity contribution is 6.28. The predicted octanol–water partition coefficient (Wildman–Crippen LogP) is 15.4. The van der Waals surface area contributed by atoms with Gasteiger partial charge in [-0.05, 0) is 47.5 Å². The second-order valence-electron chi connectivity index (χ2n) is 16.1. The van der Waals surface area contributed by atoms with Gasteiger partial charge in [-0.25, -0.2) is 19.9 Å². The van der Waals surface area contributed by atoms with Crippen LogP contribution in [-0.4, -0.2) is 19.9 Å². The molecule has 4 aromatic heterocycles. The molecule has 298 valence electrons.